The minimum Gasteiger partial charge on any atom is -0.338 e. The van der Waals surface area contributed by atoms with E-state index in [0.717, 1.165) is 61.7 Å². The summed E-state index contributed by atoms with van der Waals surface area (Å²) in [6, 6.07) is 60.5. The van der Waals surface area contributed by atoms with Crippen LogP contribution >= 0.6 is 0 Å². The molecule has 0 amide bonds. The summed E-state index contributed by atoms with van der Waals surface area (Å²) >= 11 is 0. The molecule has 0 saturated carbocycles. The van der Waals surface area contributed by atoms with Gasteiger partial charge in [-0.05, 0) is 93.7 Å². The SMILES string of the molecule is c1ccc(-c2c(-c3ccccc3)n(-c3ccc(-c4nc5ccccc5[nH]4)cc3)c3cc4ccc(-c5ccc(-c6cn7cccnc7n6)cc5)cc4cc23)cc1. The van der Waals surface area contributed by atoms with E-state index in [1.807, 2.05) is 41.1 Å². The standard InChI is InChI=1S/C49H32N6/c1-3-10-34(11-4-1)46-41-29-39-28-37(32-16-18-33(19-17-32)44-31-54-27-9-26-50-49(54)53-44)20-21-38(39)30-45(41)55(47(46)35-12-5-2-6-13-35)40-24-22-36(23-25-40)48-51-42-14-7-8-15-43(42)52-48/h1-31H,(H,51,52). The van der Waals surface area contributed by atoms with Crippen LogP contribution in [-0.4, -0.2) is 28.9 Å². The van der Waals surface area contributed by atoms with Crippen molar-refractivity contribution in [2.24, 2.45) is 0 Å². The minimum atomic E-state index is 0.696. The van der Waals surface area contributed by atoms with Crippen LogP contribution in [0.25, 0.3) is 100 Å². The number of nitrogens with one attached hydrogen (secondary N) is 1. The van der Waals surface area contributed by atoms with Gasteiger partial charge in [0.05, 0.1) is 27.9 Å². The molecule has 0 aliphatic carbocycles. The molecule has 0 aliphatic rings. The van der Waals surface area contributed by atoms with Gasteiger partial charge < -0.3 is 9.55 Å². The summed E-state index contributed by atoms with van der Waals surface area (Å²) < 4.78 is 4.38. The van der Waals surface area contributed by atoms with Crippen molar-refractivity contribution < 1.29 is 0 Å². The number of H-pyrrole nitrogens is 1. The fraction of sp³-hybridized carbons (Fsp3) is 0. The zero-order valence-corrected chi connectivity index (χ0v) is 29.6. The first kappa shape index (κ1) is 31.0. The van der Waals surface area contributed by atoms with Crippen LogP contribution in [0, 0.1) is 0 Å². The van der Waals surface area contributed by atoms with Gasteiger partial charge in [0.25, 0.3) is 0 Å². The Morgan fingerprint density at radius 1 is 0.509 bits per heavy atom. The van der Waals surface area contributed by atoms with Crippen LogP contribution in [0.1, 0.15) is 0 Å². The van der Waals surface area contributed by atoms with E-state index >= 15 is 0 Å². The number of nitrogens with zero attached hydrogens (tertiary/aromatic N) is 5. The molecule has 0 spiro atoms. The maximum absolute atomic E-state index is 4.87. The van der Waals surface area contributed by atoms with Crippen molar-refractivity contribution in [1.29, 1.82) is 0 Å². The third kappa shape index (κ3) is 5.31. The first-order valence-electron chi connectivity index (χ1n) is 18.4. The van der Waals surface area contributed by atoms with Gasteiger partial charge in [0.15, 0.2) is 0 Å². The average molecular weight is 705 g/mol. The van der Waals surface area contributed by atoms with Gasteiger partial charge in [0.1, 0.15) is 5.82 Å². The predicted molar refractivity (Wildman–Crippen MR) is 224 cm³/mol. The van der Waals surface area contributed by atoms with Crippen molar-refractivity contribution in [2.45, 2.75) is 0 Å². The molecule has 0 bridgehead atoms. The maximum Gasteiger partial charge on any atom is 0.234 e. The zero-order valence-electron chi connectivity index (χ0n) is 29.6. The molecule has 1 N–H and O–H groups in total. The number of aromatic nitrogens is 6. The van der Waals surface area contributed by atoms with E-state index in [1.165, 1.54) is 32.8 Å². The Balaban J connectivity index is 1.07. The Morgan fingerprint density at radius 2 is 1.22 bits per heavy atom. The van der Waals surface area contributed by atoms with E-state index in [9.17, 15) is 0 Å². The number of imidazole rings is 2. The van der Waals surface area contributed by atoms with Crippen LogP contribution in [0.15, 0.2) is 188 Å². The molecule has 55 heavy (non-hydrogen) atoms. The molecule has 11 rings (SSSR count). The van der Waals surface area contributed by atoms with Crippen LogP contribution in [-0.2, 0) is 0 Å². The lowest BCUT2D eigenvalue weighted by Crippen LogP contribution is -1.98. The monoisotopic (exact) mass is 704 g/mol. The second-order valence-electron chi connectivity index (χ2n) is 13.9. The number of rotatable bonds is 6. The smallest absolute Gasteiger partial charge is 0.234 e. The van der Waals surface area contributed by atoms with Crippen LogP contribution in [0.4, 0.5) is 0 Å². The van der Waals surface area contributed by atoms with E-state index in [0.29, 0.717) is 5.78 Å². The highest BCUT2D eigenvalue weighted by molar-refractivity contribution is 6.11. The highest BCUT2D eigenvalue weighted by Gasteiger charge is 2.22. The summed E-state index contributed by atoms with van der Waals surface area (Å²) in [6.07, 6.45) is 5.76. The van der Waals surface area contributed by atoms with E-state index in [4.69, 9.17) is 9.97 Å². The molecule has 6 heteroatoms. The molecule has 0 fully saturated rings. The number of benzene rings is 7. The average Bonchev–Trinajstić information content (AvgIpc) is 3.98. The Labute approximate surface area is 316 Å². The normalized spacial score (nSPS) is 11.6. The summed E-state index contributed by atoms with van der Waals surface area (Å²) in [7, 11) is 0. The van der Waals surface area contributed by atoms with Crippen LogP contribution < -0.4 is 0 Å². The second kappa shape index (κ2) is 12.5. The maximum atomic E-state index is 4.87. The second-order valence-corrected chi connectivity index (χ2v) is 13.9. The summed E-state index contributed by atoms with van der Waals surface area (Å²) in [5.74, 6) is 1.56. The quantitative estimate of drug-likeness (QED) is 0.187. The van der Waals surface area contributed by atoms with Crippen LogP contribution in [0.2, 0.25) is 0 Å². The summed E-state index contributed by atoms with van der Waals surface area (Å²) in [4.78, 5) is 17.4. The molecule has 0 aliphatic heterocycles. The van der Waals surface area contributed by atoms with Gasteiger partial charge in [0.2, 0.25) is 5.78 Å². The van der Waals surface area contributed by atoms with Gasteiger partial charge in [-0.15, -0.1) is 0 Å². The number of hydrogen-bond donors (Lipinski definition) is 1. The van der Waals surface area contributed by atoms with Gasteiger partial charge in [-0.25, -0.2) is 15.0 Å². The Kier molecular flexibility index (Phi) is 7.07. The molecular formula is C49H32N6. The fourth-order valence-electron chi connectivity index (χ4n) is 7.91. The molecule has 0 unspecified atom stereocenters. The van der Waals surface area contributed by atoms with Crippen molar-refractivity contribution in [3.63, 3.8) is 0 Å². The molecule has 4 heterocycles. The first-order valence-corrected chi connectivity index (χ1v) is 18.4. The molecular weight excluding hydrogens is 673 g/mol. The Morgan fingerprint density at radius 3 is 2.00 bits per heavy atom. The lowest BCUT2D eigenvalue weighted by Gasteiger charge is -2.14. The summed E-state index contributed by atoms with van der Waals surface area (Å²) in [6.45, 7) is 0. The molecule has 7 aromatic carbocycles. The molecule has 0 radical (unpaired) electrons. The summed E-state index contributed by atoms with van der Waals surface area (Å²) in [5.41, 5.74) is 14.3. The molecule has 6 nitrogen and oxygen atoms in total. The van der Waals surface area contributed by atoms with E-state index < -0.39 is 0 Å². The Bertz CT molecular complexity index is 3110. The van der Waals surface area contributed by atoms with Crippen molar-refractivity contribution in [1.82, 2.24) is 28.9 Å². The van der Waals surface area contributed by atoms with Crippen LogP contribution in [0.5, 0.6) is 0 Å². The van der Waals surface area contributed by atoms with Crippen molar-refractivity contribution in [2.75, 3.05) is 0 Å². The van der Waals surface area contributed by atoms with Crippen molar-refractivity contribution >= 4 is 38.5 Å². The lowest BCUT2D eigenvalue weighted by molar-refractivity contribution is 1.11. The highest BCUT2D eigenvalue weighted by Crippen LogP contribution is 2.44. The van der Waals surface area contributed by atoms with Crippen molar-refractivity contribution in [3.05, 3.63) is 188 Å². The molecule has 258 valence electrons. The molecule has 11 aromatic rings. The fourth-order valence-corrected chi connectivity index (χ4v) is 7.91. The molecule has 0 atom stereocenters. The zero-order chi connectivity index (χ0) is 36.3. The van der Waals surface area contributed by atoms with Gasteiger partial charge in [-0.1, -0.05) is 109 Å². The third-order valence-corrected chi connectivity index (χ3v) is 10.6. The predicted octanol–water partition coefficient (Wildman–Crippen LogP) is 12.0. The molecule has 0 saturated heterocycles. The minimum absolute atomic E-state index is 0.696. The largest absolute Gasteiger partial charge is 0.338 e. The molecule has 4 aromatic heterocycles. The highest BCUT2D eigenvalue weighted by atomic mass is 15.1. The third-order valence-electron chi connectivity index (χ3n) is 10.6. The van der Waals surface area contributed by atoms with E-state index in [2.05, 4.69) is 160 Å². The Hall–Kier alpha value is -7.57. The number of aromatic amines is 1. The van der Waals surface area contributed by atoms with Crippen molar-refractivity contribution in [3.8, 4) is 61.8 Å². The number of para-hydroxylation sites is 2. The number of fused-ring (bicyclic) bond motifs is 4. The number of hydrogen-bond acceptors (Lipinski definition) is 3. The van der Waals surface area contributed by atoms with Gasteiger partial charge in [0, 0.05) is 46.4 Å². The lowest BCUT2D eigenvalue weighted by atomic mass is 9.95. The summed E-state index contributed by atoms with van der Waals surface area (Å²) in [5, 5.41) is 3.57. The van der Waals surface area contributed by atoms with Gasteiger partial charge in [-0.3, -0.25) is 4.40 Å². The van der Waals surface area contributed by atoms with Gasteiger partial charge >= 0.3 is 0 Å². The van der Waals surface area contributed by atoms with Crippen LogP contribution in [0.3, 0.4) is 0 Å². The van der Waals surface area contributed by atoms with Gasteiger partial charge in [-0.2, -0.15) is 0 Å². The topological polar surface area (TPSA) is 63.8 Å². The van der Waals surface area contributed by atoms with E-state index in [-0.39, 0.29) is 0 Å². The first-order chi connectivity index (χ1) is 27.2. The van der Waals surface area contributed by atoms with E-state index in [1.54, 1.807) is 6.20 Å².